The Hall–Kier alpha value is -3.27. The number of anilines is 1. The zero-order chi connectivity index (χ0) is 30.0. The molecule has 0 bridgehead atoms. The highest BCUT2D eigenvalue weighted by Gasteiger charge is 2.34. The first-order valence-corrected chi connectivity index (χ1v) is 15.8. The molecule has 41 heavy (non-hydrogen) atoms. The van der Waals surface area contributed by atoms with Crippen molar-refractivity contribution < 1.29 is 22.7 Å². The number of rotatable bonds is 14. The smallest absolute Gasteiger partial charge is 0.244 e. The first-order chi connectivity index (χ1) is 19.6. The summed E-state index contributed by atoms with van der Waals surface area (Å²) in [7, 11) is -2.52. The highest BCUT2D eigenvalue weighted by Crippen LogP contribution is 2.31. The summed E-state index contributed by atoms with van der Waals surface area (Å²) in [6.45, 7) is 1.76. The number of benzene rings is 3. The van der Waals surface area contributed by atoms with E-state index in [0.29, 0.717) is 22.2 Å². The summed E-state index contributed by atoms with van der Waals surface area (Å²) in [6.07, 6.45) is 2.86. The second-order valence-corrected chi connectivity index (χ2v) is 12.2. The summed E-state index contributed by atoms with van der Waals surface area (Å²) >= 11 is 13.0. The zero-order valence-corrected chi connectivity index (χ0v) is 25.7. The minimum Gasteiger partial charge on any atom is -0.495 e. The molecule has 0 saturated heterocycles. The lowest BCUT2D eigenvalue weighted by molar-refractivity contribution is -0.140. The maximum atomic E-state index is 14.2. The number of methoxy groups -OCH3 is 1. The summed E-state index contributed by atoms with van der Waals surface area (Å²) < 4.78 is 32.3. The number of nitrogens with zero attached hydrogens (tertiary/aromatic N) is 2. The topological polar surface area (TPSA) is 96.0 Å². The van der Waals surface area contributed by atoms with Crippen molar-refractivity contribution in [1.29, 1.82) is 0 Å². The molecule has 0 aromatic heterocycles. The van der Waals surface area contributed by atoms with E-state index in [4.69, 9.17) is 27.9 Å². The fraction of sp³-hybridized carbons (Fsp3) is 0.333. The number of para-hydroxylation sites is 2. The minimum atomic E-state index is -3.94. The molecule has 11 heteroatoms. The van der Waals surface area contributed by atoms with Crippen LogP contribution in [-0.4, -0.2) is 57.6 Å². The largest absolute Gasteiger partial charge is 0.495 e. The van der Waals surface area contributed by atoms with E-state index in [1.54, 1.807) is 42.5 Å². The monoisotopic (exact) mass is 619 g/mol. The van der Waals surface area contributed by atoms with Gasteiger partial charge in [-0.3, -0.25) is 13.9 Å². The van der Waals surface area contributed by atoms with Crippen molar-refractivity contribution in [3.8, 4) is 5.75 Å². The van der Waals surface area contributed by atoms with Gasteiger partial charge in [-0.1, -0.05) is 85.1 Å². The molecule has 0 saturated carbocycles. The van der Waals surface area contributed by atoms with Gasteiger partial charge in [0.1, 0.15) is 18.3 Å². The lowest BCUT2D eigenvalue weighted by Gasteiger charge is -2.34. The zero-order valence-electron chi connectivity index (χ0n) is 23.3. The van der Waals surface area contributed by atoms with E-state index in [1.807, 2.05) is 37.3 Å². The molecule has 0 heterocycles. The Morgan fingerprint density at radius 2 is 1.59 bits per heavy atom. The van der Waals surface area contributed by atoms with Crippen LogP contribution in [0.25, 0.3) is 0 Å². The van der Waals surface area contributed by atoms with Crippen molar-refractivity contribution in [1.82, 2.24) is 10.2 Å². The molecule has 8 nitrogen and oxygen atoms in total. The van der Waals surface area contributed by atoms with Crippen molar-refractivity contribution in [2.24, 2.45) is 0 Å². The second kappa shape index (κ2) is 15.1. The van der Waals surface area contributed by atoms with Crippen molar-refractivity contribution >= 4 is 50.7 Å². The van der Waals surface area contributed by atoms with Gasteiger partial charge in [0.05, 0.1) is 19.1 Å². The van der Waals surface area contributed by atoms with Gasteiger partial charge in [0, 0.05) is 35.1 Å². The van der Waals surface area contributed by atoms with Crippen LogP contribution in [0.4, 0.5) is 5.69 Å². The number of sulfonamides is 1. The normalized spacial score (nSPS) is 11.9. The number of hydrogen-bond acceptors (Lipinski definition) is 5. The molecule has 0 radical (unpaired) electrons. The summed E-state index contributed by atoms with van der Waals surface area (Å²) in [5.41, 5.74) is 1.48. The first kappa shape index (κ1) is 32.2. The Balaban J connectivity index is 2.10. The van der Waals surface area contributed by atoms with Crippen molar-refractivity contribution in [2.75, 3.05) is 30.8 Å². The molecular formula is C30H35Cl2N3O5S. The summed E-state index contributed by atoms with van der Waals surface area (Å²) in [5.74, 6) is -0.685. The number of halogens is 2. The molecule has 220 valence electrons. The van der Waals surface area contributed by atoms with Gasteiger partial charge in [-0.05, 0) is 36.2 Å². The highest BCUT2D eigenvalue weighted by molar-refractivity contribution is 7.92. The number of ether oxygens (including phenoxy) is 1. The van der Waals surface area contributed by atoms with E-state index in [2.05, 4.69) is 5.32 Å². The second-order valence-electron chi connectivity index (χ2n) is 9.51. The van der Waals surface area contributed by atoms with E-state index in [9.17, 15) is 18.0 Å². The summed E-state index contributed by atoms with van der Waals surface area (Å²) in [5, 5.41) is 3.59. The van der Waals surface area contributed by atoms with Crippen molar-refractivity contribution in [3.63, 3.8) is 0 Å². The van der Waals surface area contributed by atoms with E-state index in [1.165, 1.54) is 12.0 Å². The van der Waals surface area contributed by atoms with Crippen molar-refractivity contribution in [2.45, 2.75) is 38.8 Å². The Morgan fingerprint density at radius 1 is 0.951 bits per heavy atom. The average Bonchev–Trinajstić information content (AvgIpc) is 2.94. The molecular weight excluding hydrogens is 585 g/mol. The maximum Gasteiger partial charge on any atom is 0.244 e. The SMILES string of the molecule is CCCCNC(=O)C(Cc1ccccc1)N(Cc1c(Cl)cccc1Cl)C(=O)CN(c1ccccc1OC)S(C)(=O)=O. The Labute approximate surface area is 252 Å². The standard InChI is InChI=1S/C30H35Cl2N3O5S/c1-4-5-18-33-30(37)27(19-22-12-7-6-8-13-22)34(20-23-24(31)14-11-15-25(23)32)29(36)21-35(41(3,38)39)26-16-9-10-17-28(26)40-2/h6-17,27H,4-5,18-21H2,1-3H3,(H,33,37). The maximum absolute atomic E-state index is 14.2. The van der Waals surface area contributed by atoms with Crippen LogP contribution in [0, 0.1) is 0 Å². The van der Waals surface area contributed by atoms with Gasteiger partial charge in [-0.2, -0.15) is 0 Å². The van der Waals surface area contributed by atoms with Gasteiger partial charge >= 0.3 is 0 Å². The quantitative estimate of drug-likeness (QED) is 0.246. The van der Waals surface area contributed by atoms with Crippen LogP contribution in [-0.2, 0) is 32.6 Å². The van der Waals surface area contributed by atoms with Gasteiger partial charge in [0.25, 0.3) is 0 Å². The van der Waals surface area contributed by atoms with Gasteiger partial charge in [0.15, 0.2) is 0 Å². The Bertz CT molecular complexity index is 1420. The van der Waals surface area contributed by atoms with Crippen LogP contribution in [0.3, 0.4) is 0 Å². The third-order valence-electron chi connectivity index (χ3n) is 6.52. The third kappa shape index (κ3) is 8.86. The molecule has 1 N–H and O–H groups in total. The molecule has 1 unspecified atom stereocenters. The summed E-state index contributed by atoms with van der Waals surface area (Å²) in [6, 6.07) is 19.8. The molecule has 0 fully saturated rings. The minimum absolute atomic E-state index is 0.112. The Kier molecular flexibility index (Phi) is 11.9. The molecule has 1 atom stereocenters. The van der Waals surface area contributed by atoms with Gasteiger partial charge in [-0.25, -0.2) is 8.42 Å². The van der Waals surface area contributed by atoms with Crippen LogP contribution >= 0.6 is 23.2 Å². The predicted octanol–water partition coefficient (Wildman–Crippen LogP) is 5.32. The number of carbonyl (C=O) groups excluding carboxylic acids is 2. The molecule has 0 aliphatic rings. The van der Waals surface area contributed by atoms with E-state index >= 15 is 0 Å². The molecule has 3 aromatic rings. The molecule has 3 aromatic carbocycles. The number of nitrogens with one attached hydrogen (secondary N) is 1. The first-order valence-electron chi connectivity index (χ1n) is 13.2. The van der Waals surface area contributed by atoms with E-state index in [0.717, 1.165) is 29.0 Å². The molecule has 2 amide bonds. The van der Waals surface area contributed by atoms with Gasteiger partial charge < -0.3 is 15.0 Å². The van der Waals surface area contributed by atoms with Crippen LogP contribution in [0.1, 0.15) is 30.9 Å². The Morgan fingerprint density at radius 3 is 2.20 bits per heavy atom. The number of carbonyl (C=O) groups is 2. The fourth-order valence-electron chi connectivity index (χ4n) is 4.34. The summed E-state index contributed by atoms with van der Waals surface area (Å²) in [4.78, 5) is 29.2. The van der Waals surface area contributed by atoms with Crippen LogP contribution in [0.2, 0.25) is 10.0 Å². The molecule has 0 aliphatic carbocycles. The van der Waals surface area contributed by atoms with Gasteiger partial charge in [-0.15, -0.1) is 0 Å². The fourth-order valence-corrected chi connectivity index (χ4v) is 5.71. The van der Waals surface area contributed by atoms with Crippen LogP contribution in [0.15, 0.2) is 72.8 Å². The van der Waals surface area contributed by atoms with Crippen molar-refractivity contribution in [3.05, 3.63) is 94.0 Å². The molecule has 0 spiro atoms. The van der Waals surface area contributed by atoms with Crippen LogP contribution in [0.5, 0.6) is 5.75 Å². The third-order valence-corrected chi connectivity index (χ3v) is 8.36. The predicted molar refractivity (Wildman–Crippen MR) is 164 cm³/mol. The number of hydrogen-bond donors (Lipinski definition) is 1. The molecule has 0 aliphatic heterocycles. The van der Waals surface area contributed by atoms with Crippen LogP contribution < -0.4 is 14.4 Å². The van der Waals surface area contributed by atoms with E-state index < -0.39 is 28.5 Å². The lowest BCUT2D eigenvalue weighted by atomic mass is 10.0. The highest BCUT2D eigenvalue weighted by atomic mass is 35.5. The van der Waals surface area contributed by atoms with E-state index in [-0.39, 0.29) is 30.3 Å². The number of unbranched alkanes of at least 4 members (excludes halogenated alkanes) is 1. The molecule has 3 rings (SSSR count). The number of amides is 2. The lowest BCUT2D eigenvalue weighted by Crippen LogP contribution is -2.53. The average molecular weight is 621 g/mol. The van der Waals surface area contributed by atoms with Gasteiger partial charge in [0.2, 0.25) is 21.8 Å².